The Morgan fingerprint density at radius 1 is 1.19 bits per heavy atom. The van der Waals surface area contributed by atoms with E-state index < -0.39 is 17.4 Å². The Hall–Kier alpha value is -2.74. The number of nitrogens with zero attached hydrogens (tertiary/aromatic N) is 3. The number of carbonyl (C=O) groups is 1. The van der Waals surface area contributed by atoms with E-state index in [0.29, 0.717) is 16.8 Å². The highest BCUT2D eigenvalue weighted by molar-refractivity contribution is 5.85. The highest BCUT2D eigenvalue weighted by atomic mass is 19.1. The van der Waals surface area contributed by atoms with Crippen molar-refractivity contribution in [2.45, 2.75) is 86.4 Å². The van der Waals surface area contributed by atoms with Gasteiger partial charge in [-0.1, -0.05) is 27.7 Å². The van der Waals surface area contributed by atoms with Crippen molar-refractivity contribution < 1.29 is 23.8 Å². The van der Waals surface area contributed by atoms with E-state index in [2.05, 4.69) is 28.7 Å². The lowest BCUT2D eigenvalue weighted by molar-refractivity contribution is -0.149. The summed E-state index contributed by atoms with van der Waals surface area (Å²) in [5.74, 6) is -0.793. The Labute approximate surface area is 220 Å². The van der Waals surface area contributed by atoms with Gasteiger partial charge in [0.05, 0.1) is 17.7 Å². The quantitative estimate of drug-likeness (QED) is 0.442. The third-order valence-electron chi connectivity index (χ3n) is 7.06. The van der Waals surface area contributed by atoms with Crippen molar-refractivity contribution in [3.05, 3.63) is 35.5 Å². The van der Waals surface area contributed by atoms with Crippen LogP contribution in [0.15, 0.2) is 18.5 Å². The number of aliphatic hydroxyl groups is 1. The van der Waals surface area contributed by atoms with Gasteiger partial charge in [0.25, 0.3) is 5.88 Å². The minimum atomic E-state index is -1.12. The Morgan fingerprint density at radius 2 is 1.84 bits per heavy atom. The van der Waals surface area contributed by atoms with Crippen LogP contribution in [-0.4, -0.2) is 52.4 Å². The molecule has 37 heavy (non-hydrogen) atoms. The van der Waals surface area contributed by atoms with Crippen LogP contribution in [0, 0.1) is 24.1 Å². The molecule has 0 aromatic carbocycles. The Morgan fingerprint density at radius 3 is 2.41 bits per heavy atom. The van der Waals surface area contributed by atoms with Gasteiger partial charge in [0.1, 0.15) is 12.7 Å². The molecule has 8 heteroatoms. The molecule has 1 aliphatic heterocycles. The molecule has 3 rings (SSSR count). The average Bonchev–Trinajstić information content (AvgIpc) is 2.80. The van der Waals surface area contributed by atoms with Gasteiger partial charge in [0.15, 0.2) is 5.82 Å². The molecule has 1 N–H and O–H groups in total. The number of pyridine rings is 2. The van der Waals surface area contributed by atoms with Gasteiger partial charge in [-0.05, 0) is 57.9 Å². The Balaban J connectivity index is 2.03. The zero-order valence-corrected chi connectivity index (χ0v) is 23.5. The first kappa shape index (κ1) is 28.8. The topological polar surface area (TPSA) is 84.8 Å². The minimum Gasteiger partial charge on any atom is -0.472 e. The summed E-state index contributed by atoms with van der Waals surface area (Å²) in [4.78, 5) is 23.9. The molecule has 3 heterocycles. The predicted molar refractivity (Wildman–Crippen MR) is 143 cm³/mol. The molecule has 0 saturated carbocycles. The highest BCUT2D eigenvalue weighted by Crippen LogP contribution is 2.40. The third-order valence-corrected chi connectivity index (χ3v) is 7.06. The van der Waals surface area contributed by atoms with E-state index >= 15 is 4.39 Å². The van der Waals surface area contributed by atoms with Crippen molar-refractivity contribution in [2.75, 3.05) is 24.6 Å². The molecule has 2 aromatic heterocycles. The summed E-state index contributed by atoms with van der Waals surface area (Å²) in [6.45, 7) is 17.0. The zero-order valence-electron chi connectivity index (χ0n) is 23.5. The van der Waals surface area contributed by atoms with Crippen LogP contribution in [0.1, 0.15) is 72.6 Å². The van der Waals surface area contributed by atoms with Crippen LogP contribution in [0.2, 0.25) is 0 Å². The van der Waals surface area contributed by atoms with E-state index in [1.165, 1.54) is 6.07 Å². The van der Waals surface area contributed by atoms with E-state index in [9.17, 15) is 9.90 Å². The molecular formula is C29H42FN3O4. The number of aromatic nitrogens is 2. The van der Waals surface area contributed by atoms with Crippen LogP contribution in [0.4, 0.5) is 10.1 Å². The van der Waals surface area contributed by atoms with Crippen LogP contribution < -0.4 is 9.64 Å². The fraction of sp³-hybridized carbons (Fsp3) is 0.621. The number of hydrogen-bond donors (Lipinski definition) is 1. The number of anilines is 1. The Kier molecular flexibility index (Phi) is 8.83. The van der Waals surface area contributed by atoms with Crippen molar-refractivity contribution >= 4 is 11.7 Å². The molecule has 0 radical (unpaired) electrons. The molecule has 204 valence electrons. The second-order valence-corrected chi connectivity index (χ2v) is 12.0. The number of esters is 1. The van der Waals surface area contributed by atoms with Crippen LogP contribution in [-0.2, 0) is 16.0 Å². The number of aryl methyl sites for hydroxylation is 1. The number of ether oxygens (including phenoxy) is 2. The fourth-order valence-corrected chi connectivity index (χ4v) is 4.18. The molecule has 0 amide bonds. The van der Waals surface area contributed by atoms with Crippen molar-refractivity contribution in [3.63, 3.8) is 0 Å². The minimum absolute atomic E-state index is 0.000980. The number of hydrogen-bond acceptors (Lipinski definition) is 7. The SMILES string of the molecule is Cc1ncc(-c2cnc(O[C@H](C)C(C)C)c(F)c2)c(N2CCC(C)(C)CC2)c1CC(=O)OCC(C)(C)O. The normalized spacial score (nSPS) is 16.6. The molecule has 1 fully saturated rings. The van der Waals surface area contributed by atoms with Gasteiger partial charge < -0.3 is 19.5 Å². The van der Waals surface area contributed by atoms with Gasteiger partial charge in [-0.2, -0.15) is 0 Å². The molecule has 0 unspecified atom stereocenters. The lowest BCUT2D eigenvalue weighted by Crippen LogP contribution is -2.38. The van der Waals surface area contributed by atoms with E-state index in [4.69, 9.17) is 9.47 Å². The maximum absolute atomic E-state index is 15.1. The number of piperidine rings is 1. The third kappa shape index (κ3) is 7.63. The van der Waals surface area contributed by atoms with Crippen LogP contribution in [0.5, 0.6) is 5.88 Å². The first-order valence-electron chi connectivity index (χ1n) is 13.1. The maximum Gasteiger partial charge on any atom is 0.310 e. The second kappa shape index (κ2) is 11.3. The molecule has 0 spiro atoms. The first-order chi connectivity index (χ1) is 17.2. The number of rotatable bonds is 9. The lowest BCUT2D eigenvalue weighted by atomic mass is 9.82. The van der Waals surface area contributed by atoms with Crippen molar-refractivity contribution in [1.29, 1.82) is 0 Å². The Bertz CT molecular complexity index is 1100. The van der Waals surface area contributed by atoms with Crippen LogP contribution in [0.25, 0.3) is 11.1 Å². The van der Waals surface area contributed by atoms with Gasteiger partial charge in [0.2, 0.25) is 0 Å². The average molecular weight is 516 g/mol. The van der Waals surface area contributed by atoms with E-state index in [1.807, 2.05) is 27.7 Å². The van der Waals surface area contributed by atoms with Gasteiger partial charge in [0, 0.05) is 47.9 Å². The molecule has 1 aliphatic rings. The summed E-state index contributed by atoms with van der Waals surface area (Å²) >= 11 is 0. The van der Waals surface area contributed by atoms with Crippen molar-refractivity contribution in [2.24, 2.45) is 11.3 Å². The number of halogens is 1. The van der Waals surface area contributed by atoms with E-state index in [-0.39, 0.29) is 36.3 Å². The zero-order chi connectivity index (χ0) is 27.5. The van der Waals surface area contributed by atoms with Gasteiger partial charge in [-0.3, -0.25) is 9.78 Å². The summed E-state index contributed by atoms with van der Waals surface area (Å²) in [6, 6.07) is 1.43. The molecule has 0 aliphatic carbocycles. The summed E-state index contributed by atoms with van der Waals surface area (Å²) in [5, 5.41) is 9.97. The summed E-state index contributed by atoms with van der Waals surface area (Å²) < 4.78 is 26.2. The summed E-state index contributed by atoms with van der Waals surface area (Å²) in [5.41, 5.74) is 2.70. The van der Waals surface area contributed by atoms with Gasteiger partial charge >= 0.3 is 5.97 Å². The smallest absolute Gasteiger partial charge is 0.310 e. The largest absolute Gasteiger partial charge is 0.472 e. The number of carbonyl (C=O) groups excluding carboxylic acids is 1. The molecule has 1 atom stereocenters. The van der Waals surface area contributed by atoms with Crippen LogP contribution in [0.3, 0.4) is 0 Å². The molecule has 2 aromatic rings. The fourth-order valence-electron chi connectivity index (χ4n) is 4.18. The standard InChI is InChI=1S/C29H42FN3O4/c1-18(2)20(4)37-27-24(30)13-21(15-32-27)23-16-31-19(3)22(14-25(34)36-17-29(7,8)35)26(23)33-11-9-28(5,6)10-12-33/h13,15-16,18,20,35H,9-12,14,17H2,1-8H3/t20-/m1/s1. The maximum atomic E-state index is 15.1. The van der Waals surface area contributed by atoms with Crippen molar-refractivity contribution in [1.82, 2.24) is 9.97 Å². The molecule has 1 saturated heterocycles. The lowest BCUT2D eigenvalue weighted by Gasteiger charge is -2.40. The monoisotopic (exact) mass is 515 g/mol. The summed E-state index contributed by atoms with van der Waals surface area (Å²) in [6.07, 6.45) is 5.13. The van der Waals surface area contributed by atoms with Crippen LogP contribution >= 0.6 is 0 Å². The van der Waals surface area contributed by atoms with Gasteiger partial charge in [-0.15, -0.1) is 0 Å². The molecule has 0 bridgehead atoms. The molecule has 7 nitrogen and oxygen atoms in total. The predicted octanol–water partition coefficient (Wildman–Crippen LogP) is 5.50. The van der Waals surface area contributed by atoms with Crippen molar-refractivity contribution in [3.8, 4) is 17.0 Å². The van der Waals surface area contributed by atoms with E-state index in [0.717, 1.165) is 37.2 Å². The summed E-state index contributed by atoms with van der Waals surface area (Å²) in [7, 11) is 0. The first-order valence-corrected chi connectivity index (χ1v) is 13.1. The second-order valence-electron chi connectivity index (χ2n) is 12.0. The molecular weight excluding hydrogens is 473 g/mol. The van der Waals surface area contributed by atoms with Gasteiger partial charge in [-0.25, -0.2) is 9.37 Å². The highest BCUT2D eigenvalue weighted by Gasteiger charge is 2.30. The van der Waals surface area contributed by atoms with E-state index in [1.54, 1.807) is 26.2 Å².